The lowest BCUT2D eigenvalue weighted by Crippen LogP contribution is -2.40. The van der Waals surface area contributed by atoms with Gasteiger partial charge in [-0.3, -0.25) is 9.69 Å². The van der Waals surface area contributed by atoms with Gasteiger partial charge in [-0.1, -0.05) is 13.0 Å². The summed E-state index contributed by atoms with van der Waals surface area (Å²) < 4.78 is 15.6. The lowest BCUT2D eigenvalue weighted by atomic mass is 9.75. The molecule has 0 spiro atoms. The molecule has 6 nitrogen and oxygen atoms in total. The first-order chi connectivity index (χ1) is 13.9. The number of amides is 1. The number of likely N-dealkylation sites (tertiary alicyclic amines) is 1. The quantitative estimate of drug-likeness (QED) is 0.538. The van der Waals surface area contributed by atoms with Crippen LogP contribution in [0.1, 0.15) is 40.6 Å². The first-order valence-electron chi connectivity index (χ1n) is 9.69. The number of aromatic amines is 1. The fraction of sp³-hybridized carbons (Fsp3) is 0.333. The standard InChI is InChI=1S/C21H22FN5OS/c1-21(4-6-26(7-5-21)12-14-3-2-8-29-14)16-11-24-27-18-15(19(23)28)9-13(22)10-17(18)25-20(16)27/h2-3,8-11,25H,4-7,12H2,1H3,(H2,23,28). The zero-order valence-electron chi connectivity index (χ0n) is 16.1. The summed E-state index contributed by atoms with van der Waals surface area (Å²) in [6, 6.07) is 6.83. The molecule has 0 atom stereocenters. The Morgan fingerprint density at radius 1 is 1.38 bits per heavy atom. The van der Waals surface area contributed by atoms with Crippen molar-refractivity contribution in [2.45, 2.75) is 31.7 Å². The van der Waals surface area contributed by atoms with Gasteiger partial charge in [0.2, 0.25) is 0 Å². The van der Waals surface area contributed by atoms with Crippen molar-refractivity contribution in [1.82, 2.24) is 19.5 Å². The minimum atomic E-state index is -0.666. The van der Waals surface area contributed by atoms with E-state index in [1.54, 1.807) is 15.9 Å². The third-order valence-corrected chi connectivity index (χ3v) is 7.00. The lowest BCUT2D eigenvalue weighted by Gasteiger charge is -2.38. The molecule has 29 heavy (non-hydrogen) atoms. The zero-order valence-corrected chi connectivity index (χ0v) is 16.9. The summed E-state index contributed by atoms with van der Waals surface area (Å²) in [5.41, 5.74) is 8.54. The SMILES string of the molecule is CC1(c2cnn3c2[nH]c2cc(F)cc(C(N)=O)c23)CCN(Cc2cccs2)CC1. The number of rotatable bonds is 4. The molecular formula is C21H22FN5OS. The number of nitrogens with zero attached hydrogens (tertiary/aromatic N) is 3. The number of nitrogens with two attached hydrogens (primary N) is 1. The van der Waals surface area contributed by atoms with Crippen molar-refractivity contribution >= 4 is 33.9 Å². The van der Waals surface area contributed by atoms with Gasteiger partial charge in [0.25, 0.3) is 5.91 Å². The van der Waals surface area contributed by atoms with E-state index >= 15 is 0 Å². The summed E-state index contributed by atoms with van der Waals surface area (Å²) in [4.78, 5) is 19.0. The molecule has 1 amide bonds. The number of halogens is 1. The number of primary amides is 1. The van der Waals surface area contributed by atoms with Crippen molar-refractivity contribution in [3.05, 3.63) is 57.7 Å². The maximum atomic E-state index is 14.0. The largest absolute Gasteiger partial charge is 0.366 e. The minimum Gasteiger partial charge on any atom is -0.366 e. The predicted octanol–water partition coefficient (Wildman–Crippen LogP) is 3.67. The van der Waals surface area contributed by atoms with Crippen molar-refractivity contribution in [3.8, 4) is 0 Å². The van der Waals surface area contributed by atoms with Crippen LogP contribution >= 0.6 is 11.3 Å². The van der Waals surface area contributed by atoms with Crippen molar-refractivity contribution in [2.24, 2.45) is 5.73 Å². The van der Waals surface area contributed by atoms with Gasteiger partial charge < -0.3 is 10.7 Å². The molecule has 3 aromatic heterocycles. The second-order valence-corrected chi connectivity index (χ2v) is 9.11. The van der Waals surface area contributed by atoms with Crippen molar-refractivity contribution in [1.29, 1.82) is 0 Å². The van der Waals surface area contributed by atoms with Crippen LogP contribution < -0.4 is 5.73 Å². The molecule has 0 radical (unpaired) electrons. The normalized spacial score (nSPS) is 17.3. The Balaban J connectivity index is 1.49. The van der Waals surface area contributed by atoms with Gasteiger partial charge in [0.15, 0.2) is 0 Å². The highest BCUT2D eigenvalue weighted by molar-refractivity contribution is 7.09. The van der Waals surface area contributed by atoms with Crippen LogP contribution in [-0.2, 0) is 12.0 Å². The summed E-state index contributed by atoms with van der Waals surface area (Å²) in [6.45, 7) is 5.26. The van der Waals surface area contributed by atoms with E-state index in [2.05, 4.69) is 39.4 Å². The molecule has 1 aliphatic heterocycles. The summed E-state index contributed by atoms with van der Waals surface area (Å²) in [7, 11) is 0. The van der Waals surface area contributed by atoms with Gasteiger partial charge in [-0.15, -0.1) is 11.3 Å². The van der Waals surface area contributed by atoms with Crippen LogP contribution in [0.2, 0.25) is 0 Å². The van der Waals surface area contributed by atoms with Gasteiger partial charge in [0.1, 0.15) is 17.0 Å². The van der Waals surface area contributed by atoms with Gasteiger partial charge in [-0.25, -0.2) is 8.91 Å². The minimum absolute atomic E-state index is 0.0417. The van der Waals surface area contributed by atoms with E-state index in [9.17, 15) is 9.18 Å². The van der Waals surface area contributed by atoms with Gasteiger partial charge in [0.05, 0.1) is 17.3 Å². The molecular weight excluding hydrogens is 389 g/mol. The van der Waals surface area contributed by atoms with Crippen LogP contribution in [0.5, 0.6) is 0 Å². The van der Waals surface area contributed by atoms with Crippen LogP contribution in [0, 0.1) is 5.82 Å². The van der Waals surface area contributed by atoms with E-state index < -0.39 is 11.7 Å². The van der Waals surface area contributed by atoms with E-state index in [0.717, 1.165) is 43.7 Å². The molecule has 4 heterocycles. The number of benzene rings is 1. The highest BCUT2D eigenvalue weighted by Gasteiger charge is 2.35. The smallest absolute Gasteiger partial charge is 0.251 e. The third-order valence-electron chi connectivity index (χ3n) is 6.14. The van der Waals surface area contributed by atoms with Crippen molar-refractivity contribution < 1.29 is 9.18 Å². The maximum Gasteiger partial charge on any atom is 0.251 e. The Hall–Kier alpha value is -2.71. The Kier molecular flexibility index (Phi) is 4.22. The van der Waals surface area contributed by atoms with Crippen LogP contribution in [0.15, 0.2) is 35.8 Å². The van der Waals surface area contributed by atoms with Crippen LogP contribution in [0.25, 0.3) is 16.7 Å². The maximum absolute atomic E-state index is 14.0. The number of hydrogen-bond acceptors (Lipinski definition) is 4. The molecule has 3 N–H and O–H groups in total. The molecule has 1 aromatic carbocycles. The molecule has 1 aliphatic rings. The predicted molar refractivity (Wildman–Crippen MR) is 112 cm³/mol. The molecule has 5 rings (SSSR count). The van der Waals surface area contributed by atoms with E-state index in [-0.39, 0.29) is 11.0 Å². The third kappa shape index (κ3) is 3.03. The summed E-state index contributed by atoms with van der Waals surface area (Å²) in [5, 5.41) is 6.64. The molecule has 4 aromatic rings. The van der Waals surface area contributed by atoms with Crippen molar-refractivity contribution in [3.63, 3.8) is 0 Å². The van der Waals surface area contributed by atoms with E-state index in [4.69, 9.17) is 5.73 Å². The summed E-state index contributed by atoms with van der Waals surface area (Å²) in [5.74, 6) is -1.16. The Morgan fingerprint density at radius 2 is 2.17 bits per heavy atom. The topological polar surface area (TPSA) is 79.4 Å². The van der Waals surface area contributed by atoms with Gasteiger partial charge in [-0.05, 0) is 49.5 Å². The summed E-state index contributed by atoms with van der Waals surface area (Å²) >= 11 is 1.79. The second-order valence-electron chi connectivity index (χ2n) is 8.07. The average molecular weight is 412 g/mol. The molecule has 0 bridgehead atoms. The number of piperidine rings is 1. The number of aromatic nitrogens is 3. The molecule has 0 unspecified atom stereocenters. The highest BCUT2D eigenvalue weighted by atomic mass is 32.1. The fourth-order valence-corrected chi connectivity index (χ4v) is 5.16. The average Bonchev–Trinajstić information content (AvgIpc) is 3.39. The first kappa shape index (κ1) is 18.3. The lowest BCUT2D eigenvalue weighted by molar-refractivity contribution is 0.100. The number of carbonyl (C=O) groups excluding carboxylic acids is 1. The summed E-state index contributed by atoms with van der Waals surface area (Å²) in [6.07, 6.45) is 3.88. The number of nitrogens with one attached hydrogen (secondary N) is 1. The van der Waals surface area contributed by atoms with Crippen molar-refractivity contribution in [2.75, 3.05) is 13.1 Å². The number of thiophene rings is 1. The van der Waals surface area contributed by atoms with E-state index in [1.165, 1.54) is 17.0 Å². The second kappa shape index (κ2) is 6.67. The molecule has 0 saturated carbocycles. The molecule has 150 valence electrons. The number of carbonyl (C=O) groups is 1. The van der Waals surface area contributed by atoms with E-state index in [1.807, 2.05) is 6.20 Å². The Morgan fingerprint density at radius 3 is 2.86 bits per heavy atom. The van der Waals surface area contributed by atoms with E-state index in [0.29, 0.717) is 11.0 Å². The first-order valence-corrected chi connectivity index (χ1v) is 10.6. The highest BCUT2D eigenvalue weighted by Crippen LogP contribution is 2.38. The van der Waals surface area contributed by atoms with Crippen LogP contribution in [0.3, 0.4) is 0 Å². The fourth-order valence-electron chi connectivity index (χ4n) is 4.41. The number of hydrogen-bond donors (Lipinski definition) is 2. The Bertz CT molecular complexity index is 1200. The van der Waals surface area contributed by atoms with Gasteiger partial charge in [0, 0.05) is 22.4 Å². The molecule has 0 aliphatic carbocycles. The molecule has 1 saturated heterocycles. The Labute approximate surface area is 171 Å². The number of fused-ring (bicyclic) bond motifs is 3. The molecule has 8 heteroatoms. The number of imidazole rings is 1. The molecule has 1 fully saturated rings. The zero-order chi connectivity index (χ0) is 20.2. The van der Waals surface area contributed by atoms with Crippen LogP contribution in [0.4, 0.5) is 4.39 Å². The van der Waals surface area contributed by atoms with Gasteiger partial charge >= 0.3 is 0 Å². The number of H-pyrrole nitrogens is 1. The monoisotopic (exact) mass is 411 g/mol. The van der Waals surface area contributed by atoms with Crippen LogP contribution in [-0.4, -0.2) is 38.5 Å². The van der Waals surface area contributed by atoms with Gasteiger partial charge in [-0.2, -0.15) is 5.10 Å².